The van der Waals surface area contributed by atoms with Crippen molar-refractivity contribution < 1.29 is 14.3 Å². The van der Waals surface area contributed by atoms with E-state index in [1.807, 2.05) is 31.7 Å². The lowest BCUT2D eigenvalue weighted by atomic mass is 10.2. The quantitative estimate of drug-likeness (QED) is 0.722. The minimum atomic E-state index is -0.490. The smallest absolute Gasteiger partial charge is 0.407 e. The van der Waals surface area contributed by atoms with Crippen LogP contribution in [0.15, 0.2) is 30.3 Å². The molecule has 7 heteroatoms. The minimum absolute atomic E-state index is 0.177. The van der Waals surface area contributed by atoms with E-state index in [4.69, 9.17) is 4.74 Å². The van der Waals surface area contributed by atoms with Gasteiger partial charge < -0.3 is 15.0 Å². The van der Waals surface area contributed by atoms with Gasteiger partial charge in [-0.05, 0) is 26.3 Å². The lowest BCUT2D eigenvalue weighted by Gasteiger charge is -2.34. The van der Waals surface area contributed by atoms with Crippen LogP contribution in [0, 0.1) is 0 Å². The van der Waals surface area contributed by atoms with Gasteiger partial charge in [-0.25, -0.2) is 4.79 Å². The monoisotopic (exact) mass is 393 g/mol. The molecule has 0 aliphatic carbocycles. The van der Waals surface area contributed by atoms with Crippen molar-refractivity contribution in [3.8, 4) is 0 Å². The van der Waals surface area contributed by atoms with Crippen molar-refractivity contribution in [3.63, 3.8) is 0 Å². The highest BCUT2D eigenvalue weighted by atomic mass is 32.2. The molecule has 1 aromatic rings. The average molecular weight is 394 g/mol. The second kappa shape index (κ2) is 10.6. The number of carbonyl (C=O) groups excluding carboxylic acids is 2. The number of carbonyl (C=O) groups is 2. The van der Waals surface area contributed by atoms with Crippen molar-refractivity contribution >= 4 is 23.8 Å². The first-order chi connectivity index (χ1) is 12.8. The highest BCUT2D eigenvalue weighted by Gasteiger charge is 2.21. The molecule has 1 fully saturated rings. The van der Waals surface area contributed by atoms with E-state index in [2.05, 4.69) is 34.5 Å². The van der Waals surface area contributed by atoms with Crippen molar-refractivity contribution in [2.75, 3.05) is 44.2 Å². The van der Waals surface area contributed by atoms with Gasteiger partial charge in [0.15, 0.2) is 0 Å². The van der Waals surface area contributed by atoms with Crippen molar-refractivity contribution in [1.29, 1.82) is 0 Å². The lowest BCUT2D eigenvalue weighted by Crippen LogP contribution is -2.48. The number of hydrogen-bond donors (Lipinski definition) is 1. The third-order valence-corrected chi connectivity index (χ3v) is 5.06. The maximum atomic E-state index is 12.3. The van der Waals surface area contributed by atoms with Crippen LogP contribution in [0.25, 0.3) is 0 Å². The molecule has 1 aliphatic rings. The molecule has 1 aliphatic heterocycles. The zero-order valence-corrected chi connectivity index (χ0v) is 17.4. The van der Waals surface area contributed by atoms with E-state index in [9.17, 15) is 9.59 Å². The molecule has 2 rings (SSSR count). The van der Waals surface area contributed by atoms with Crippen molar-refractivity contribution in [3.05, 3.63) is 35.9 Å². The second-order valence-corrected chi connectivity index (χ2v) is 8.73. The molecule has 6 nitrogen and oxygen atoms in total. The Morgan fingerprint density at radius 1 is 1.11 bits per heavy atom. The summed E-state index contributed by atoms with van der Waals surface area (Å²) < 4.78 is 5.17. The number of thioether (sulfide) groups is 1. The van der Waals surface area contributed by atoms with Gasteiger partial charge in [0.2, 0.25) is 5.91 Å². The summed E-state index contributed by atoms with van der Waals surface area (Å²) >= 11 is 1.54. The summed E-state index contributed by atoms with van der Waals surface area (Å²) in [6.45, 7) is 10.3. The summed E-state index contributed by atoms with van der Waals surface area (Å²) in [5.74, 6) is 1.32. The van der Waals surface area contributed by atoms with E-state index < -0.39 is 11.7 Å². The fourth-order valence-corrected chi connectivity index (χ4v) is 3.54. The largest absolute Gasteiger partial charge is 0.444 e. The predicted molar refractivity (Wildman–Crippen MR) is 110 cm³/mol. The number of ether oxygens (including phenoxy) is 1. The molecule has 0 atom stereocenters. The van der Waals surface area contributed by atoms with E-state index in [0.29, 0.717) is 18.1 Å². The summed E-state index contributed by atoms with van der Waals surface area (Å²) in [7, 11) is 0. The van der Waals surface area contributed by atoms with Crippen LogP contribution in [0.4, 0.5) is 4.79 Å². The Labute approximate surface area is 166 Å². The summed E-state index contributed by atoms with van der Waals surface area (Å²) in [5.41, 5.74) is 0.820. The van der Waals surface area contributed by atoms with E-state index in [1.54, 1.807) is 11.8 Å². The molecule has 0 aromatic heterocycles. The summed E-state index contributed by atoms with van der Waals surface area (Å²) in [6.07, 6.45) is -0.413. The number of benzene rings is 1. The average Bonchev–Trinajstić information content (AvgIpc) is 2.61. The van der Waals surface area contributed by atoms with Crippen LogP contribution in [0.1, 0.15) is 26.3 Å². The number of alkyl carbamates (subject to hydrolysis) is 1. The van der Waals surface area contributed by atoms with Crippen LogP contribution >= 0.6 is 11.8 Å². The predicted octanol–water partition coefficient (Wildman–Crippen LogP) is 2.59. The van der Waals surface area contributed by atoms with Crippen molar-refractivity contribution in [2.24, 2.45) is 0 Å². The van der Waals surface area contributed by atoms with Gasteiger partial charge in [-0.1, -0.05) is 30.3 Å². The van der Waals surface area contributed by atoms with E-state index >= 15 is 0 Å². The highest BCUT2D eigenvalue weighted by molar-refractivity contribution is 7.99. The summed E-state index contributed by atoms with van der Waals surface area (Å²) in [5, 5.41) is 2.71. The molecule has 1 N–H and O–H groups in total. The highest BCUT2D eigenvalue weighted by Crippen LogP contribution is 2.10. The second-order valence-electron chi connectivity index (χ2n) is 7.62. The fraction of sp³-hybridized carbons (Fsp3) is 0.600. The fourth-order valence-electron chi connectivity index (χ4n) is 2.79. The first kappa shape index (κ1) is 21.6. The minimum Gasteiger partial charge on any atom is -0.444 e. The molecule has 0 bridgehead atoms. The van der Waals surface area contributed by atoms with Crippen LogP contribution < -0.4 is 5.32 Å². The maximum Gasteiger partial charge on any atom is 0.407 e. The van der Waals surface area contributed by atoms with Crippen molar-refractivity contribution in [2.45, 2.75) is 32.9 Å². The van der Waals surface area contributed by atoms with E-state index in [-0.39, 0.29) is 5.91 Å². The molecule has 2 amide bonds. The van der Waals surface area contributed by atoms with Gasteiger partial charge in [-0.15, -0.1) is 0 Å². The van der Waals surface area contributed by atoms with Gasteiger partial charge in [0, 0.05) is 45.0 Å². The van der Waals surface area contributed by atoms with Gasteiger partial charge in [0.25, 0.3) is 0 Å². The first-order valence-electron chi connectivity index (χ1n) is 9.42. The van der Waals surface area contributed by atoms with Gasteiger partial charge in [0.05, 0.1) is 5.75 Å². The zero-order valence-electron chi connectivity index (χ0n) is 16.6. The van der Waals surface area contributed by atoms with E-state index in [0.717, 1.165) is 32.7 Å². The molecule has 0 radical (unpaired) electrons. The number of nitrogens with zero attached hydrogens (tertiary/aromatic N) is 2. The molecule has 1 aromatic carbocycles. The SMILES string of the molecule is CC(C)(C)OC(=O)NCCSCC(=O)N1CCN(Cc2ccccc2)CC1. The molecule has 150 valence electrons. The van der Waals surface area contributed by atoms with Gasteiger partial charge in [-0.2, -0.15) is 11.8 Å². The molecule has 0 saturated carbocycles. The Bertz CT molecular complexity index is 596. The molecule has 1 heterocycles. The number of piperazine rings is 1. The number of amides is 2. The van der Waals surface area contributed by atoms with Crippen LogP contribution in [0.3, 0.4) is 0 Å². The van der Waals surface area contributed by atoms with Crippen LogP contribution in [-0.2, 0) is 16.1 Å². The van der Waals surface area contributed by atoms with Crippen LogP contribution in [0.5, 0.6) is 0 Å². The normalized spacial score (nSPS) is 15.4. The number of nitrogens with one attached hydrogen (secondary N) is 1. The number of hydrogen-bond acceptors (Lipinski definition) is 5. The topological polar surface area (TPSA) is 61.9 Å². The lowest BCUT2D eigenvalue weighted by molar-refractivity contribution is -0.130. The summed E-state index contributed by atoms with van der Waals surface area (Å²) in [4.78, 5) is 28.2. The Hall–Kier alpha value is -1.73. The molecular weight excluding hydrogens is 362 g/mol. The van der Waals surface area contributed by atoms with Crippen LogP contribution in [0.2, 0.25) is 0 Å². The molecule has 27 heavy (non-hydrogen) atoms. The Kier molecular flexibility index (Phi) is 8.44. The molecule has 0 spiro atoms. The third kappa shape index (κ3) is 8.67. The Morgan fingerprint density at radius 3 is 2.41 bits per heavy atom. The standard InChI is InChI=1S/C20H31N3O3S/c1-20(2,3)26-19(25)21-9-14-27-16-18(24)23-12-10-22(11-13-23)15-17-7-5-4-6-8-17/h4-8H,9-16H2,1-3H3,(H,21,25). The molecular formula is C20H31N3O3S. The molecule has 1 saturated heterocycles. The first-order valence-corrected chi connectivity index (χ1v) is 10.6. The van der Waals surface area contributed by atoms with Crippen LogP contribution in [-0.4, -0.2) is 71.6 Å². The van der Waals surface area contributed by atoms with Gasteiger partial charge in [-0.3, -0.25) is 9.69 Å². The van der Waals surface area contributed by atoms with Crippen molar-refractivity contribution in [1.82, 2.24) is 15.1 Å². The molecule has 0 unspecified atom stereocenters. The van der Waals surface area contributed by atoms with E-state index in [1.165, 1.54) is 5.56 Å². The third-order valence-electron chi connectivity index (χ3n) is 4.11. The number of rotatable bonds is 7. The van der Waals surface area contributed by atoms with Gasteiger partial charge >= 0.3 is 6.09 Å². The van der Waals surface area contributed by atoms with Gasteiger partial charge in [0.1, 0.15) is 5.60 Å². The Balaban J connectivity index is 1.56. The summed E-state index contributed by atoms with van der Waals surface area (Å²) in [6, 6.07) is 10.4. The Morgan fingerprint density at radius 2 is 1.78 bits per heavy atom. The zero-order chi connectivity index (χ0) is 19.7. The maximum absolute atomic E-state index is 12.3.